The van der Waals surface area contributed by atoms with Gasteiger partial charge in [0.2, 0.25) is 0 Å². The number of rotatable bonds is 2. The van der Waals surface area contributed by atoms with Gasteiger partial charge in [0.05, 0.1) is 0 Å². The number of nitrogens with zero attached hydrogens (tertiary/aromatic N) is 2. The number of ether oxygens (including phenoxy) is 1. The van der Waals surface area contributed by atoms with Gasteiger partial charge >= 0.3 is 6.09 Å². The van der Waals surface area contributed by atoms with Gasteiger partial charge in [-0.25, -0.2) is 9.78 Å². The molecule has 6 heteroatoms. The molecule has 0 saturated carbocycles. The molecule has 1 amide bonds. The average Bonchev–Trinajstić information content (AvgIpc) is 2.80. The summed E-state index contributed by atoms with van der Waals surface area (Å²) in [6, 6.07) is 0. The number of aromatic nitrogens is 1. The van der Waals surface area contributed by atoms with E-state index < -0.39 is 5.60 Å². The van der Waals surface area contributed by atoms with E-state index in [4.69, 9.17) is 4.74 Å². The molecule has 1 atom stereocenters. The number of likely N-dealkylation sites (tertiary alicyclic amines) is 1. The molecule has 1 aromatic heterocycles. The lowest BCUT2D eigenvalue weighted by Gasteiger charge is -2.33. The minimum absolute atomic E-state index is 0.197. The van der Waals surface area contributed by atoms with E-state index in [9.17, 15) is 4.79 Å². The highest BCUT2D eigenvalue weighted by atomic mass is 32.2. The number of carbonyl (C=O) groups is 1. The number of thioether (sulfide) groups is 1. The molecule has 2 rings (SSSR count). The minimum atomic E-state index is -0.424. The molecule has 19 heavy (non-hydrogen) atoms. The first-order valence-corrected chi connectivity index (χ1v) is 8.24. The lowest BCUT2D eigenvalue weighted by Crippen LogP contribution is -2.43. The molecule has 0 bridgehead atoms. The number of carbonyl (C=O) groups excluding carboxylic acids is 1. The maximum Gasteiger partial charge on any atom is 0.410 e. The van der Waals surface area contributed by atoms with Crippen LogP contribution in [0.5, 0.6) is 0 Å². The van der Waals surface area contributed by atoms with Gasteiger partial charge in [0.15, 0.2) is 0 Å². The third kappa shape index (κ3) is 4.69. The predicted octanol–water partition coefficient (Wildman–Crippen LogP) is 3.63. The zero-order chi connectivity index (χ0) is 13.9. The molecule has 1 aromatic rings. The van der Waals surface area contributed by atoms with Crippen molar-refractivity contribution in [3.63, 3.8) is 0 Å². The highest BCUT2D eigenvalue weighted by Gasteiger charge is 2.28. The molecule has 0 aliphatic carbocycles. The molecule has 1 unspecified atom stereocenters. The smallest absolute Gasteiger partial charge is 0.410 e. The highest BCUT2D eigenvalue weighted by molar-refractivity contribution is 8.01. The summed E-state index contributed by atoms with van der Waals surface area (Å²) >= 11 is 3.42. The Morgan fingerprint density at radius 3 is 3.00 bits per heavy atom. The van der Waals surface area contributed by atoms with E-state index in [0.717, 1.165) is 30.3 Å². The second kappa shape index (κ2) is 6.13. The molecule has 2 heterocycles. The molecular formula is C13H20N2O2S2. The lowest BCUT2D eigenvalue weighted by atomic mass is 10.1. The first kappa shape index (κ1) is 14.7. The van der Waals surface area contributed by atoms with Crippen molar-refractivity contribution in [2.24, 2.45) is 0 Å². The number of amides is 1. The summed E-state index contributed by atoms with van der Waals surface area (Å²) < 4.78 is 6.51. The molecule has 1 aliphatic rings. The van der Waals surface area contributed by atoms with Crippen LogP contribution < -0.4 is 0 Å². The summed E-state index contributed by atoms with van der Waals surface area (Å²) in [5, 5.41) is 2.41. The van der Waals surface area contributed by atoms with Gasteiger partial charge in [0, 0.05) is 29.9 Å². The Bertz CT molecular complexity index is 415. The number of hydrogen-bond acceptors (Lipinski definition) is 5. The van der Waals surface area contributed by atoms with Gasteiger partial charge in [-0.1, -0.05) is 11.8 Å². The lowest BCUT2D eigenvalue weighted by molar-refractivity contribution is 0.0220. The van der Waals surface area contributed by atoms with Gasteiger partial charge in [-0.15, -0.1) is 11.3 Å². The molecule has 0 N–H and O–H groups in total. The number of thiazole rings is 1. The first-order valence-electron chi connectivity index (χ1n) is 6.48. The van der Waals surface area contributed by atoms with Crippen LogP contribution in [0.3, 0.4) is 0 Å². The molecule has 1 aliphatic heterocycles. The fraction of sp³-hybridized carbons (Fsp3) is 0.692. The zero-order valence-electron chi connectivity index (χ0n) is 11.6. The van der Waals surface area contributed by atoms with Gasteiger partial charge in [-0.2, -0.15) is 0 Å². The van der Waals surface area contributed by atoms with Crippen LogP contribution in [0, 0.1) is 0 Å². The normalized spacial score (nSPS) is 20.4. The van der Waals surface area contributed by atoms with E-state index in [0.29, 0.717) is 5.25 Å². The second-order valence-corrected chi connectivity index (χ2v) is 8.05. The van der Waals surface area contributed by atoms with Crippen molar-refractivity contribution in [1.82, 2.24) is 9.88 Å². The van der Waals surface area contributed by atoms with Gasteiger partial charge in [-0.05, 0) is 33.6 Å². The molecule has 0 radical (unpaired) electrons. The zero-order valence-corrected chi connectivity index (χ0v) is 13.2. The van der Waals surface area contributed by atoms with Crippen molar-refractivity contribution in [2.45, 2.75) is 48.8 Å². The predicted molar refractivity (Wildman–Crippen MR) is 78.8 cm³/mol. The summed E-state index contributed by atoms with van der Waals surface area (Å²) in [6.45, 7) is 7.24. The molecule has 1 fully saturated rings. The number of hydrogen-bond donors (Lipinski definition) is 0. The third-order valence-corrected chi connectivity index (χ3v) is 4.87. The van der Waals surface area contributed by atoms with E-state index >= 15 is 0 Å². The van der Waals surface area contributed by atoms with Crippen molar-refractivity contribution in [2.75, 3.05) is 13.1 Å². The first-order chi connectivity index (χ1) is 8.94. The molecular weight excluding hydrogens is 280 g/mol. The number of piperidine rings is 1. The van der Waals surface area contributed by atoms with Gasteiger partial charge in [0.25, 0.3) is 0 Å². The maximum atomic E-state index is 12.0. The SMILES string of the molecule is CC(C)(C)OC(=O)N1CCCC(Sc2nccs2)C1. The van der Waals surface area contributed by atoms with Crippen LogP contribution in [-0.2, 0) is 4.74 Å². The Hall–Kier alpha value is -0.750. The van der Waals surface area contributed by atoms with Gasteiger partial charge < -0.3 is 9.64 Å². The summed E-state index contributed by atoms with van der Waals surface area (Å²) in [5.74, 6) is 0. The Kier molecular flexibility index (Phi) is 4.73. The Morgan fingerprint density at radius 1 is 1.58 bits per heavy atom. The van der Waals surface area contributed by atoms with E-state index in [1.165, 1.54) is 0 Å². The fourth-order valence-electron chi connectivity index (χ4n) is 1.94. The van der Waals surface area contributed by atoms with E-state index in [-0.39, 0.29) is 6.09 Å². The molecule has 0 aromatic carbocycles. The van der Waals surface area contributed by atoms with Crippen molar-refractivity contribution in [3.8, 4) is 0 Å². The second-order valence-electron chi connectivity index (χ2n) is 5.61. The van der Waals surface area contributed by atoms with Crippen molar-refractivity contribution < 1.29 is 9.53 Å². The summed E-state index contributed by atoms with van der Waals surface area (Å²) in [5.41, 5.74) is -0.424. The largest absolute Gasteiger partial charge is 0.444 e. The Labute approximate surface area is 122 Å². The standard InChI is InChI=1S/C13H20N2O2S2/c1-13(2,3)17-12(16)15-7-4-5-10(9-15)19-11-14-6-8-18-11/h6,8,10H,4-5,7,9H2,1-3H3. The molecule has 1 saturated heterocycles. The van der Waals surface area contributed by atoms with Crippen molar-refractivity contribution in [3.05, 3.63) is 11.6 Å². The topological polar surface area (TPSA) is 42.4 Å². The van der Waals surface area contributed by atoms with E-state index in [1.807, 2.05) is 37.2 Å². The Morgan fingerprint density at radius 2 is 2.37 bits per heavy atom. The van der Waals surface area contributed by atoms with Gasteiger partial charge in [-0.3, -0.25) is 0 Å². The highest BCUT2D eigenvalue weighted by Crippen LogP contribution is 2.31. The van der Waals surface area contributed by atoms with E-state index in [2.05, 4.69) is 4.98 Å². The van der Waals surface area contributed by atoms with Crippen LogP contribution in [0.4, 0.5) is 4.79 Å². The Balaban J connectivity index is 1.88. The molecule has 106 valence electrons. The summed E-state index contributed by atoms with van der Waals surface area (Å²) in [7, 11) is 0. The van der Waals surface area contributed by atoms with E-state index in [1.54, 1.807) is 23.1 Å². The van der Waals surface area contributed by atoms with Crippen molar-refractivity contribution >= 4 is 29.2 Å². The van der Waals surface area contributed by atoms with Crippen LogP contribution in [0.1, 0.15) is 33.6 Å². The quantitative estimate of drug-likeness (QED) is 0.836. The molecule has 4 nitrogen and oxygen atoms in total. The maximum absolute atomic E-state index is 12.0. The average molecular weight is 300 g/mol. The van der Waals surface area contributed by atoms with Crippen molar-refractivity contribution in [1.29, 1.82) is 0 Å². The minimum Gasteiger partial charge on any atom is -0.444 e. The summed E-state index contributed by atoms with van der Waals surface area (Å²) in [6.07, 6.45) is 3.78. The van der Waals surface area contributed by atoms with Crippen LogP contribution in [-0.4, -0.2) is 39.9 Å². The molecule has 0 spiro atoms. The van der Waals surface area contributed by atoms with Crippen LogP contribution in [0.2, 0.25) is 0 Å². The fourth-order valence-corrected chi connectivity index (χ4v) is 4.04. The monoisotopic (exact) mass is 300 g/mol. The third-order valence-electron chi connectivity index (χ3n) is 2.71. The van der Waals surface area contributed by atoms with Crippen LogP contribution >= 0.6 is 23.1 Å². The summed E-state index contributed by atoms with van der Waals surface area (Å²) in [4.78, 5) is 18.1. The van der Waals surface area contributed by atoms with Gasteiger partial charge in [0.1, 0.15) is 9.94 Å². The van der Waals surface area contributed by atoms with Crippen LogP contribution in [0.15, 0.2) is 15.9 Å². The van der Waals surface area contributed by atoms with Crippen LogP contribution in [0.25, 0.3) is 0 Å².